The lowest BCUT2D eigenvalue weighted by Crippen LogP contribution is -2.18. The molecule has 4 heteroatoms. The number of hydrogen-bond acceptors (Lipinski definition) is 4. The molecule has 66 valence electrons. The minimum atomic E-state index is -0.862. The molecule has 0 aliphatic heterocycles. The Hall–Kier alpha value is -0.610. The highest BCUT2D eigenvalue weighted by molar-refractivity contribution is 5.70. The zero-order valence-electron chi connectivity index (χ0n) is 6.87. The molecule has 0 rings (SSSR count). The lowest BCUT2D eigenvalue weighted by atomic mass is 10.5. The van der Waals surface area contributed by atoms with Crippen LogP contribution in [0.15, 0.2) is 0 Å². The number of aliphatic hydroxyl groups is 1. The predicted molar refractivity (Wildman–Crippen MR) is 38.9 cm³/mol. The molecule has 1 unspecified atom stereocenters. The van der Waals surface area contributed by atoms with Gasteiger partial charge in [-0.2, -0.15) is 0 Å². The van der Waals surface area contributed by atoms with Crippen LogP contribution in [0, 0.1) is 0 Å². The van der Waals surface area contributed by atoms with Crippen molar-refractivity contribution in [3.05, 3.63) is 0 Å². The minimum absolute atomic E-state index is 0.178. The van der Waals surface area contributed by atoms with Gasteiger partial charge in [-0.1, -0.05) is 6.92 Å². The molecule has 0 spiro atoms. The number of hydrogen-bond donors (Lipinski definition) is 1. The topological polar surface area (TPSA) is 55.8 Å². The van der Waals surface area contributed by atoms with Crippen molar-refractivity contribution in [1.29, 1.82) is 0 Å². The van der Waals surface area contributed by atoms with Gasteiger partial charge in [0.1, 0.15) is 6.61 Å². The van der Waals surface area contributed by atoms with Crippen molar-refractivity contribution in [2.24, 2.45) is 0 Å². The van der Waals surface area contributed by atoms with Crippen LogP contribution in [0.2, 0.25) is 0 Å². The fourth-order valence-corrected chi connectivity index (χ4v) is 0.485. The zero-order chi connectivity index (χ0) is 8.69. The van der Waals surface area contributed by atoms with Crippen LogP contribution in [0.25, 0.3) is 0 Å². The Morgan fingerprint density at radius 1 is 1.55 bits per heavy atom. The SMILES string of the molecule is CCOC(=O)COC(O)CC. The summed E-state index contributed by atoms with van der Waals surface area (Å²) in [6.45, 7) is 3.64. The van der Waals surface area contributed by atoms with Gasteiger partial charge in [-0.05, 0) is 13.3 Å². The molecule has 11 heavy (non-hydrogen) atoms. The van der Waals surface area contributed by atoms with Gasteiger partial charge in [-0.15, -0.1) is 0 Å². The summed E-state index contributed by atoms with van der Waals surface area (Å²) < 4.78 is 9.25. The Labute approximate surface area is 66.1 Å². The Morgan fingerprint density at radius 2 is 2.18 bits per heavy atom. The van der Waals surface area contributed by atoms with E-state index in [0.29, 0.717) is 13.0 Å². The van der Waals surface area contributed by atoms with Gasteiger partial charge in [0.2, 0.25) is 0 Å². The van der Waals surface area contributed by atoms with E-state index in [1.54, 1.807) is 13.8 Å². The fraction of sp³-hybridized carbons (Fsp3) is 0.857. The van der Waals surface area contributed by atoms with Crippen molar-refractivity contribution < 1.29 is 19.4 Å². The standard InChI is InChI=1S/C7H14O4/c1-3-6(8)11-5-7(9)10-4-2/h6,8H,3-5H2,1-2H3. The monoisotopic (exact) mass is 162 g/mol. The van der Waals surface area contributed by atoms with Crippen molar-refractivity contribution in [3.63, 3.8) is 0 Å². The second-order valence-corrected chi connectivity index (χ2v) is 1.98. The number of rotatable bonds is 5. The smallest absolute Gasteiger partial charge is 0.332 e. The largest absolute Gasteiger partial charge is 0.464 e. The van der Waals surface area contributed by atoms with Crippen molar-refractivity contribution in [3.8, 4) is 0 Å². The first kappa shape index (κ1) is 10.4. The maximum absolute atomic E-state index is 10.6. The highest BCUT2D eigenvalue weighted by Crippen LogP contribution is 1.92. The van der Waals surface area contributed by atoms with E-state index in [1.165, 1.54) is 0 Å². The van der Waals surface area contributed by atoms with Gasteiger partial charge in [-0.3, -0.25) is 0 Å². The molecule has 0 aliphatic carbocycles. The number of ether oxygens (including phenoxy) is 2. The van der Waals surface area contributed by atoms with Gasteiger partial charge in [-0.25, -0.2) is 4.79 Å². The van der Waals surface area contributed by atoms with Crippen LogP contribution in [0.5, 0.6) is 0 Å². The summed E-state index contributed by atoms with van der Waals surface area (Å²) in [4.78, 5) is 10.6. The maximum Gasteiger partial charge on any atom is 0.332 e. The molecule has 0 radical (unpaired) electrons. The third kappa shape index (κ3) is 5.82. The van der Waals surface area contributed by atoms with Crippen LogP contribution >= 0.6 is 0 Å². The Balaban J connectivity index is 3.30. The molecule has 0 saturated carbocycles. The third-order valence-electron chi connectivity index (χ3n) is 1.05. The zero-order valence-corrected chi connectivity index (χ0v) is 6.87. The Bertz CT molecular complexity index is 113. The molecule has 0 aromatic carbocycles. The van der Waals surface area contributed by atoms with E-state index in [-0.39, 0.29) is 6.61 Å². The highest BCUT2D eigenvalue weighted by atomic mass is 16.6. The molecule has 0 fully saturated rings. The molecule has 1 N–H and O–H groups in total. The van der Waals surface area contributed by atoms with Gasteiger partial charge in [0.25, 0.3) is 0 Å². The lowest BCUT2D eigenvalue weighted by molar-refractivity contribution is -0.161. The van der Waals surface area contributed by atoms with E-state index in [1.807, 2.05) is 0 Å². The Kier molecular flexibility index (Phi) is 5.78. The summed E-state index contributed by atoms with van der Waals surface area (Å²) in [5.74, 6) is -0.444. The van der Waals surface area contributed by atoms with Crippen molar-refractivity contribution in [1.82, 2.24) is 0 Å². The molecule has 0 heterocycles. The van der Waals surface area contributed by atoms with Crippen molar-refractivity contribution >= 4 is 5.97 Å². The first-order chi connectivity index (χ1) is 5.20. The number of carbonyl (C=O) groups is 1. The summed E-state index contributed by atoms with van der Waals surface area (Å²) in [6, 6.07) is 0. The summed E-state index contributed by atoms with van der Waals surface area (Å²) in [7, 11) is 0. The molecule has 0 aromatic heterocycles. The van der Waals surface area contributed by atoms with Gasteiger partial charge in [0.05, 0.1) is 6.61 Å². The maximum atomic E-state index is 10.6. The molecule has 1 atom stereocenters. The minimum Gasteiger partial charge on any atom is -0.464 e. The second-order valence-electron chi connectivity index (χ2n) is 1.98. The van der Waals surface area contributed by atoms with E-state index in [9.17, 15) is 4.79 Å². The molecule has 0 aromatic rings. The van der Waals surface area contributed by atoms with Gasteiger partial charge >= 0.3 is 5.97 Å². The molecular weight excluding hydrogens is 148 g/mol. The molecule has 0 saturated heterocycles. The van der Waals surface area contributed by atoms with Crippen LogP contribution in [-0.4, -0.2) is 30.6 Å². The van der Waals surface area contributed by atoms with Crippen molar-refractivity contribution in [2.75, 3.05) is 13.2 Å². The summed E-state index contributed by atoms with van der Waals surface area (Å²) in [5.41, 5.74) is 0. The highest BCUT2D eigenvalue weighted by Gasteiger charge is 2.05. The van der Waals surface area contributed by atoms with Gasteiger partial charge < -0.3 is 14.6 Å². The van der Waals surface area contributed by atoms with Gasteiger partial charge in [0.15, 0.2) is 6.29 Å². The average molecular weight is 162 g/mol. The number of esters is 1. The first-order valence-corrected chi connectivity index (χ1v) is 3.66. The van der Waals surface area contributed by atoms with Crippen LogP contribution in [0.3, 0.4) is 0 Å². The third-order valence-corrected chi connectivity index (χ3v) is 1.05. The van der Waals surface area contributed by atoms with Crippen LogP contribution < -0.4 is 0 Å². The fourth-order valence-electron chi connectivity index (χ4n) is 0.485. The summed E-state index contributed by atoms with van der Waals surface area (Å²) in [6.07, 6.45) is -0.390. The Morgan fingerprint density at radius 3 is 2.64 bits per heavy atom. The van der Waals surface area contributed by atoms with E-state index < -0.39 is 12.3 Å². The normalized spacial score (nSPS) is 12.6. The van der Waals surface area contributed by atoms with Crippen molar-refractivity contribution in [2.45, 2.75) is 26.6 Å². The summed E-state index contributed by atoms with van der Waals surface area (Å²) >= 11 is 0. The first-order valence-electron chi connectivity index (χ1n) is 3.66. The number of carbonyl (C=O) groups excluding carboxylic acids is 1. The average Bonchev–Trinajstić information content (AvgIpc) is 2.01. The molecule has 4 nitrogen and oxygen atoms in total. The molecule has 0 aliphatic rings. The summed E-state index contributed by atoms with van der Waals surface area (Å²) in [5, 5.41) is 8.85. The second kappa shape index (κ2) is 6.12. The van der Waals surface area contributed by atoms with E-state index >= 15 is 0 Å². The van der Waals surface area contributed by atoms with E-state index in [0.717, 1.165) is 0 Å². The number of aliphatic hydroxyl groups excluding tert-OH is 1. The molecule has 0 amide bonds. The predicted octanol–water partition coefficient (Wildman–Crippen LogP) is 0.294. The molecular formula is C7H14O4. The van der Waals surface area contributed by atoms with Crippen LogP contribution in [0.4, 0.5) is 0 Å². The van der Waals surface area contributed by atoms with Crippen LogP contribution in [0.1, 0.15) is 20.3 Å². The quantitative estimate of drug-likeness (QED) is 0.466. The van der Waals surface area contributed by atoms with Gasteiger partial charge in [0, 0.05) is 0 Å². The van der Waals surface area contributed by atoms with Crippen LogP contribution in [-0.2, 0) is 14.3 Å². The lowest BCUT2D eigenvalue weighted by Gasteiger charge is -2.07. The molecule has 0 bridgehead atoms. The van der Waals surface area contributed by atoms with E-state index in [4.69, 9.17) is 5.11 Å². The van der Waals surface area contributed by atoms with E-state index in [2.05, 4.69) is 9.47 Å².